The third-order valence-electron chi connectivity index (χ3n) is 4.26. The van der Waals surface area contributed by atoms with E-state index in [2.05, 4.69) is 17.4 Å². The number of aliphatic hydroxyl groups is 1. The monoisotopic (exact) mass is 369 g/mol. The number of carbonyl (C=O) groups excluding carboxylic acids is 1. The van der Waals surface area contributed by atoms with Gasteiger partial charge in [-0.1, -0.05) is 60.7 Å². The number of rotatable bonds is 8. The van der Waals surface area contributed by atoms with E-state index in [1.165, 1.54) is 5.56 Å². The predicted molar refractivity (Wildman–Crippen MR) is 109 cm³/mol. The predicted octanol–water partition coefficient (Wildman–Crippen LogP) is 5.03. The Morgan fingerprint density at radius 3 is 2.19 bits per heavy atom. The summed E-state index contributed by atoms with van der Waals surface area (Å²) in [4.78, 5) is 12.2. The molecule has 4 heteroatoms. The van der Waals surface area contributed by atoms with Crippen LogP contribution in [0.4, 0.5) is 4.79 Å². The normalized spacial score (nSPS) is 13.6. The van der Waals surface area contributed by atoms with Crippen molar-refractivity contribution in [2.24, 2.45) is 0 Å². The fourth-order valence-electron chi connectivity index (χ4n) is 3.00. The quantitative estimate of drug-likeness (QED) is 0.686. The van der Waals surface area contributed by atoms with Crippen LogP contribution in [-0.4, -0.2) is 22.8 Å². The minimum Gasteiger partial charge on any atom is -0.444 e. The summed E-state index contributed by atoms with van der Waals surface area (Å²) < 4.78 is 5.40. The second-order valence-corrected chi connectivity index (χ2v) is 7.89. The first-order chi connectivity index (χ1) is 12.8. The Balaban J connectivity index is 1.91. The number of ether oxygens (including phenoxy) is 1. The van der Waals surface area contributed by atoms with Gasteiger partial charge in [0.2, 0.25) is 0 Å². The molecule has 0 aliphatic heterocycles. The zero-order chi connectivity index (χ0) is 19.7. The van der Waals surface area contributed by atoms with E-state index in [-0.39, 0.29) is 6.04 Å². The van der Waals surface area contributed by atoms with Crippen molar-refractivity contribution in [1.29, 1.82) is 0 Å². The molecular weight excluding hydrogens is 338 g/mol. The highest BCUT2D eigenvalue weighted by Gasteiger charge is 2.20. The highest BCUT2D eigenvalue weighted by Crippen LogP contribution is 2.20. The number of nitrogens with one attached hydrogen (secondary N) is 1. The van der Waals surface area contributed by atoms with Crippen LogP contribution in [0.2, 0.25) is 0 Å². The number of amides is 1. The van der Waals surface area contributed by atoms with Crippen LogP contribution in [0.3, 0.4) is 0 Å². The lowest BCUT2D eigenvalue weighted by atomic mass is 9.98. The van der Waals surface area contributed by atoms with Gasteiger partial charge in [-0.2, -0.15) is 0 Å². The van der Waals surface area contributed by atoms with E-state index in [1.54, 1.807) is 0 Å². The first kappa shape index (κ1) is 21.0. The van der Waals surface area contributed by atoms with E-state index in [0.29, 0.717) is 6.42 Å². The molecular formula is C23H31NO3. The van der Waals surface area contributed by atoms with Crippen molar-refractivity contribution in [2.75, 3.05) is 0 Å². The average Bonchev–Trinajstić information content (AvgIpc) is 2.61. The molecule has 2 atom stereocenters. The van der Waals surface area contributed by atoms with Gasteiger partial charge >= 0.3 is 6.09 Å². The number of carbonyl (C=O) groups is 1. The topological polar surface area (TPSA) is 58.6 Å². The fraction of sp³-hybridized carbons (Fsp3) is 0.435. The van der Waals surface area contributed by atoms with Crippen LogP contribution in [0, 0.1) is 0 Å². The van der Waals surface area contributed by atoms with Gasteiger partial charge in [0.15, 0.2) is 0 Å². The van der Waals surface area contributed by atoms with Crippen LogP contribution in [0.25, 0.3) is 0 Å². The standard InChI is InChI=1S/C23H31NO3/c1-23(2,3)27-22(26)24-20(17-18-11-6-4-7-12-18)15-10-16-21(25)19-13-8-5-9-14-19/h4-9,11-14,20-21,25H,10,15-17H2,1-3H3,(H,24,26). The summed E-state index contributed by atoms with van der Waals surface area (Å²) in [5.41, 5.74) is 1.57. The van der Waals surface area contributed by atoms with Crippen molar-refractivity contribution in [3.8, 4) is 0 Å². The minimum atomic E-state index is -0.523. The molecule has 27 heavy (non-hydrogen) atoms. The number of hydrogen-bond donors (Lipinski definition) is 2. The molecule has 0 bridgehead atoms. The first-order valence-corrected chi connectivity index (χ1v) is 9.60. The maximum Gasteiger partial charge on any atom is 0.407 e. The largest absolute Gasteiger partial charge is 0.444 e. The van der Waals surface area contributed by atoms with Crippen molar-refractivity contribution in [3.63, 3.8) is 0 Å². The van der Waals surface area contributed by atoms with Crippen molar-refractivity contribution in [3.05, 3.63) is 71.8 Å². The molecule has 1 amide bonds. The lowest BCUT2D eigenvalue weighted by molar-refractivity contribution is 0.0500. The van der Waals surface area contributed by atoms with Crippen LogP contribution in [-0.2, 0) is 11.2 Å². The van der Waals surface area contributed by atoms with Gasteiger partial charge in [-0.3, -0.25) is 0 Å². The number of aliphatic hydroxyl groups excluding tert-OH is 1. The highest BCUT2D eigenvalue weighted by atomic mass is 16.6. The Morgan fingerprint density at radius 2 is 1.59 bits per heavy atom. The van der Waals surface area contributed by atoms with E-state index in [1.807, 2.05) is 69.3 Å². The van der Waals surface area contributed by atoms with Crippen molar-refractivity contribution < 1.29 is 14.6 Å². The molecule has 0 heterocycles. The van der Waals surface area contributed by atoms with E-state index in [0.717, 1.165) is 24.8 Å². The number of alkyl carbamates (subject to hydrolysis) is 1. The Bertz CT molecular complexity index is 680. The molecule has 2 unspecified atom stereocenters. The third kappa shape index (κ3) is 8.27. The molecule has 0 aromatic heterocycles. The molecule has 0 spiro atoms. The molecule has 146 valence electrons. The number of benzene rings is 2. The minimum absolute atomic E-state index is 0.0368. The summed E-state index contributed by atoms with van der Waals surface area (Å²) in [6.07, 6.45) is 2.10. The molecule has 2 rings (SSSR count). The molecule has 4 nitrogen and oxygen atoms in total. The van der Waals surface area contributed by atoms with Gasteiger partial charge in [0.25, 0.3) is 0 Å². The first-order valence-electron chi connectivity index (χ1n) is 9.60. The summed E-state index contributed by atoms with van der Waals surface area (Å²) >= 11 is 0. The SMILES string of the molecule is CC(C)(C)OC(=O)NC(CCCC(O)c1ccccc1)Cc1ccccc1. The summed E-state index contributed by atoms with van der Waals surface area (Å²) in [5.74, 6) is 0. The Kier molecular flexibility index (Phi) is 7.86. The van der Waals surface area contributed by atoms with Crippen LogP contribution in [0.15, 0.2) is 60.7 Å². The molecule has 2 aromatic rings. The van der Waals surface area contributed by atoms with E-state index in [4.69, 9.17) is 4.74 Å². The van der Waals surface area contributed by atoms with Crippen molar-refractivity contribution in [2.45, 2.75) is 64.2 Å². The molecule has 0 radical (unpaired) electrons. The molecule has 0 fully saturated rings. The zero-order valence-electron chi connectivity index (χ0n) is 16.5. The van der Waals surface area contributed by atoms with Gasteiger partial charge in [-0.25, -0.2) is 4.79 Å². The van der Waals surface area contributed by atoms with Crippen molar-refractivity contribution >= 4 is 6.09 Å². The molecule has 0 aliphatic rings. The maximum atomic E-state index is 12.2. The van der Waals surface area contributed by atoms with E-state index >= 15 is 0 Å². The Hall–Kier alpha value is -2.33. The van der Waals surface area contributed by atoms with Gasteiger partial charge in [0.05, 0.1) is 6.10 Å². The lowest BCUT2D eigenvalue weighted by Gasteiger charge is -2.24. The number of hydrogen-bond acceptors (Lipinski definition) is 3. The highest BCUT2D eigenvalue weighted by molar-refractivity contribution is 5.68. The summed E-state index contributed by atoms with van der Waals surface area (Å²) in [5, 5.41) is 13.3. The summed E-state index contributed by atoms with van der Waals surface area (Å²) in [6, 6.07) is 19.7. The molecule has 0 aliphatic carbocycles. The van der Waals surface area contributed by atoms with Crippen LogP contribution in [0.5, 0.6) is 0 Å². The molecule has 0 saturated carbocycles. The summed E-state index contributed by atoms with van der Waals surface area (Å²) in [7, 11) is 0. The second-order valence-electron chi connectivity index (χ2n) is 7.89. The molecule has 0 saturated heterocycles. The Morgan fingerprint density at radius 1 is 1.00 bits per heavy atom. The van der Waals surface area contributed by atoms with Gasteiger partial charge in [0.1, 0.15) is 5.60 Å². The smallest absolute Gasteiger partial charge is 0.407 e. The van der Waals surface area contributed by atoms with Gasteiger partial charge < -0.3 is 15.2 Å². The third-order valence-corrected chi connectivity index (χ3v) is 4.26. The second kappa shape index (κ2) is 10.1. The lowest BCUT2D eigenvalue weighted by Crippen LogP contribution is -2.40. The van der Waals surface area contributed by atoms with Crippen LogP contribution >= 0.6 is 0 Å². The van der Waals surface area contributed by atoms with Gasteiger partial charge in [-0.05, 0) is 57.6 Å². The molecule has 2 N–H and O–H groups in total. The van der Waals surface area contributed by atoms with Gasteiger partial charge in [-0.15, -0.1) is 0 Å². The van der Waals surface area contributed by atoms with E-state index < -0.39 is 17.8 Å². The fourth-order valence-corrected chi connectivity index (χ4v) is 3.00. The summed E-state index contributed by atoms with van der Waals surface area (Å²) in [6.45, 7) is 5.57. The van der Waals surface area contributed by atoms with E-state index in [9.17, 15) is 9.90 Å². The van der Waals surface area contributed by atoms with Crippen molar-refractivity contribution in [1.82, 2.24) is 5.32 Å². The van der Waals surface area contributed by atoms with Crippen LogP contribution < -0.4 is 5.32 Å². The molecule has 2 aromatic carbocycles. The van der Waals surface area contributed by atoms with Crippen LogP contribution in [0.1, 0.15) is 57.3 Å². The Labute approximate surface area is 162 Å². The van der Waals surface area contributed by atoms with Gasteiger partial charge in [0, 0.05) is 6.04 Å². The maximum absolute atomic E-state index is 12.2. The average molecular weight is 370 g/mol. The zero-order valence-corrected chi connectivity index (χ0v) is 16.5.